The summed E-state index contributed by atoms with van der Waals surface area (Å²) < 4.78 is 18.5. The number of hydrogen-bond acceptors (Lipinski definition) is 3. The van der Waals surface area contributed by atoms with Crippen LogP contribution in [-0.4, -0.2) is 16.9 Å². The van der Waals surface area contributed by atoms with Crippen molar-refractivity contribution in [2.75, 3.05) is 0 Å². The minimum Gasteiger partial charge on any atom is -0.463 e. The summed E-state index contributed by atoms with van der Waals surface area (Å²) in [6.45, 7) is 0. The summed E-state index contributed by atoms with van der Waals surface area (Å²) >= 11 is 0. The molecule has 1 aromatic carbocycles. The van der Waals surface area contributed by atoms with E-state index in [1.54, 1.807) is 24.3 Å². The van der Waals surface area contributed by atoms with E-state index in [0.717, 1.165) is 12.0 Å². The average molecular weight is 338 g/mol. The summed E-state index contributed by atoms with van der Waals surface area (Å²) in [5, 5.41) is 2.83. The lowest BCUT2D eigenvalue weighted by Crippen LogP contribution is -2.31. The van der Waals surface area contributed by atoms with Crippen molar-refractivity contribution in [3.05, 3.63) is 82.1 Å². The molecule has 0 unspecified atom stereocenters. The predicted molar refractivity (Wildman–Crippen MR) is 89.8 cm³/mol. The van der Waals surface area contributed by atoms with Gasteiger partial charge in [-0.2, -0.15) is 0 Å². The van der Waals surface area contributed by atoms with E-state index in [9.17, 15) is 14.0 Å². The number of pyridine rings is 1. The number of hydrogen-bond donors (Lipinski definition) is 2. The zero-order valence-corrected chi connectivity index (χ0v) is 13.2. The molecule has 2 aromatic heterocycles. The summed E-state index contributed by atoms with van der Waals surface area (Å²) in [5.41, 5.74) is 0.928. The Balaban J connectivity index is 1.46. The number of benzene rings is 1. The lowest BCUT2D eigenvalue weighted by Gasteiger charge is -2.05. The summed E-state index contributed by atoms with van der Waals surface area (Å²) in [5.74, 6) is -0.117. The molecule has 5 nitrogen and oxygen atoms in total. The Labute approximate surface area is 142 Å². The van der Waals surface area contributed by atoms with Crippen LogP contribution < -0.4 is 10.9 Å². The molecular formula is C19H15FN2O3. The first-order valence-electron chi connectivity index (χ1n) is 7.95. The number of rotatable bonds is 4. The first kappa shape index (κ1) is 15.4. The molecule has 25 heavy (non-hydrogen) atoms. The molecule has 1 aliphatic rings. The van der Waals surface area contributed by atoms with Crippen molar-refractivity contribution in [1.82, 2.24) is 10.3 Å². The second kappa shape index (κ2) is 6.05. The van der Waals surface area contributed by atoms with E-state index in [4.69, 9.17) is 4.42 Å². The fourth-order valence-corrected chi connectivity index (χ4v) is 2.93. The van der Waals surface area contributed by atoms with Crippen LogP contribution in [0.4, 0.5) is 4.39 Å². The van der Waals surface area contributed by atoms with E-state index >= 15 is 0 Å². The number of amides is 1. The zero-order chi connectivity index (χ0) is 17.4. The molecule has 0 bridgehead atoms. The largest absolute Gasteiger partial charge is 0.463 e. The number of furan rings is 1. The van der Waals surface area contributed by atoms with Gasteiger partial charge in [-0.3, -0.25) is 9.59 Å². The Hall–Kier alpha value is -3.15. The van der Waals surface area contributed by atoms with Gasteiger partial charge in [0.05, 0.1) is 12.0 Å². The van der Waals surface area contributed by atoms with E-state index in [0.29, 0.717) is 11.5 Å². The van der Waals surface area contributed by atoms with Gasteiger partial charge in [0.2, 0.25) is 0 Å². The number of carbonyl (C=O) groups excluding carboxylic acids is 1. The van der Waals surface area contributed by atoms with E-state index < -0.39 is 11.5 Å². The predicted octanol–water partition coefficient (Wildman–Crippen LogP) is 3.06. The fourth-order valence-electron chi connectivity index (χ4n) is 2.93. The quantitative estimate of drug-likeness (QED) is 0.768. The fraction of sp³-hybridized carbons (Fsp3) is 0.158. The van der Waals surface area contributed by atoms with E-state index in [-0.39, 0.29) is 23.3 Å². The average Bonchev–Trinajstić information content (AvgIpc) is 3.14. The van der Waals surface area contributed by atoms with Crippen LogP contribution in [0.3, 0.4) is 0 Å². The van der Waals surface area contributed by atoms with Gasteiger partial charge in [-0.25, -0.2) is 4.39 Å². The molecule has 1 fully saturated rings. The molecule has 1 aliphatic carbocycles. The van der Waals surface area contributed by atoms with Crippen LogP contribution in [0, 0.1) is 5.82 Å². The number of aromatic nitrogens is 1. The first-order valence-corrected chi connectivity index (χ1v) is 7.95. The molecule has 2 N–H and O–H groups in total. The molecule has 0 saturated heterocycles. The van der Waals surface area contributed by atoms with Gasteiger partial charge in [0, 0.05) is 12.0 Å². The Morgan fingerprint density at radius 3 is 2.80 bits per heavy atom. The number of nitrogens with one attached hydrogen (secondary N) is 2. The number of halogens is 1. The third-order valence-corrected chi connectivity index (χ3v) is 4.32. The minimum absolute atomic E-state index is 0.0419. The van der Waals surface area contributed by atoms with Gasteiger partial charge in [-0.05, 0) is 48.4 Å². The third-order valence-electron chi connectivity index (χ3n) is 4.32. The monoisotopic (exact) mass is 338 g/mol. The van der Waals surface area contributed by atoms with Gasteiger partial charge in [0.25, 0.3) is 11.5 Å². The SMILES string of the molecule is O=C(N[C@H]1C[C@H]1c1cccc(F)c1)c1ccc(-c2ccco2)[nH]c1=O. The van der Waals surface area contributed by atoms with Crippen LogP contribution >= 0.6 is 0 Å². The maximum absolute atomic E-state index is 13.3. The van der Waals surface area contributed by atoms with Gasteiger partial charge in [0.1, 0.15) is 17.1 Å². The summed E-state index contributed by atoms with van der Waals surface area (Å²) in [6.07, 6.45) is 2.24. The molecule has 6 heteroatoms. The molecule has 2 heterocycles. The molecule has 2 atom stereocenters. The number of carbonyl (C=O) groups is 1. The van der Waals surface area contributed by atoms with Crippen LogP contribution in [0.2, 0.25) is 0 Å². The summed E-state index contributed by atoms with van der Waals surface area (Å²) in [7, 11) is 0. The van der Waals surface area contributed by atoms with Crippen LogP contribution in [0.25, 0.3) is 11.5 Å². The van der Waals surface area contributed by atoms with Gasteiger partial charge in [0.15, 0.2) is 0 Å². The molecular weight excluding hydrogens is 323 g/mol. The van der Waals surface area contributed by atoms with Crippen LogP contribution in [0.1, 0.15) is 28.3 Å². The third kappa shape index (κ3) is 3.10. The van der Waals surface area contributed by atoms with Gasteiger partial charge in [-0.1, -0.05) is 12.1 Å². The van der Waals surface area contributed by atoms with Gasteiger partial charge in [-0.15, -0.1) is 0 Å². The highest BCUT2D eigenvalue weighted by Crippen LogP contribution is 2.40. The van der Waals surface area contributed by atoms with Crippen molar-refractivity contribution in [1.29, 1.82) is 0 Å². The van der Waals surface area contributed by atoms with Gasteiger partial charge < -0.3 is 14.7 Å². The molecule has 1 amide bonds. The van der Waals surface area contributed by atoms with Crippen LogP contribution in [-0.2, 0) is 0 Å². The standard InChI is InChI=1S/C19H15FN2O3/c20-12-4-1-3-11(9-12)14-10-16(14)22-19(24)13-6-7-15(21-18(13)23)17-5-2-8-25-17/h1-9,14,16H,10H2,(H,21,23)(H,22,24)/t14-,16-/m0/s1. The normalized spacial score (nSPS) is 18.8. The van der Waals surface area contributed by atoms with Crippen molar-refractivity contribution in [2.24, 2.45) is 0 Å². The minimum atomic E-state index is -0.477. The number of H-pyrrole nitrogens is 1. The smallest absolute Gasteiger partial charge is 0.261 e. The van der Waals surface area contributed by atoms with E-state index in [2.05, 4.69) is 10.3 Å². The highest BCUT2D eigenvalue weighted by molar-refractivity contribution is 5.94. The number of aromatic amines is 1. The van der Waals surface area contributed by atoms with Crippen molar-refractivity contribution >= 4 is 5.91 Å². The summed E-state index contributed by atoms with van der Waals surface area (Å²) in [6, 6.07) is 12.8. The van der Waals surface area contributed by atoms with Crippen LogP contribution in [0.15, 0.2) is 64.0 Å². The molecule has 0 spiro atoms. The molecule has 1 saturated carbocycles. The molecule has 3 aromatic rings. The topological polar surface area (TPSA) is 75.1 Å². The maximum atomic E-state index is 13.3. The van der Waals surface area contributed by atoms with Crippen molar-refractivity contribution in [3.8, 4) is 11.5 Å². The van der Waals surface area contributed by atoms with E-state index in [1.807, 2.05) is 6.07 Å². The lowest BCUT2D eigenvalue weighted by atomic mass is 10.1. The first-order chi connectivity index (χ1) is 12.1. The highest BCUT2D eigenvalue weighted by Gasteiger charge is 2.40. The van der Waals surface area contributed by atoms with Crippen molar-refractivity contribution in [2.45, 2.75) is 18.4 Å². The second-order valence-electron chi connectivity index (χ2n) is 6.07. The van der Waals surface area contributed by atoms with Gasteiger partial charge >= 0.3 is 0 Å². The Morgan fingerprint density at radius 1 is 1.20 bits per heavy atom. The Kier molecular flexibility index (Phi) is 3.72. The summed E-state index contributed by atoms with van der Waals surface area (Å²) in [4.78, 5) is 27.1. The molecule has 126 valence electrons. The highest BCUT2D eigenvalue weighted by atomic mass is 19.1. The molecule has 0 radical (unpaired) electrons. The van der Waals surface area contributed by atoms with Crippen LogP contribution in [0.5, 0.6) is 0 Å². The molecule has 4 rings (SSSR count). The maximum Gasteiger partial charge on any atom is 0.261 e. The van der Waals surface area contributed by atoms with Crippen molar-refractivity contribution in [3.63, 3.8) is 0 Å². The second-order valence-corrected chi connectivity index (χ2v) is 6.07. The van der Waals surface area contributed by atoms with E-state index in [1.165, 1.54) is 24.5 Å². The molecule has 0 aliphatic heterocycles. The zero-order valence-electron chi connectivity index (χ0n) is 13.2. The Morgan fingerprint density at radius 2 is 2.08 bits per heavy atom. The lowest BCUT2D eigenvalue weighted by molar-refractivity contribution is 0.0949. The van der Waals surface area contributed by atoms with Crippen molar-refractivity contribution < 1.29 is 13.6 Å². The Bertz CT molecular complexity index is 978.